The van der Waals surface area contributed by atoms with Crippen molar-refractivity contribution < 1.29 is 4.79 Å². The molecule has 0 bridgehead atoms. The number of likely N-dealkylation sites (tertiary alicyclic amines) is 1. The summed E-state index contributed by atoms with van der Waals surface area (Å²) in [6, 6.07) is 16.9. The van der Waals surface area contributed by atoms with E-state index in [2.05, 4.69) is 21.4 Å². The van der Waals surface area contributed by atoms with Crippen molar-refractivity contribution in [3.8, 4) is 6.07 Å². The van der Waals surface area contributed by atoms with Crippen molar-refractivity contribution in [1.82, 2.24) is 14.9 Å². The lowest BCUT2D eigenvalue weighted by Crippen LogP contribution is -2.40. The molecule has 2 amide bonds. The number of carbonyl (C=O) groups is 1. The Bertz CT molecular complexity index is 929. The standard InChI is InChI=1S/C20H19N5O/c21-13-14-5-7-16(8-6-14)22-20(26)25-11-9-15(10-12-25)19-23-17-3-1-2-4-18(17)24-19/h1-8,15H,9-12H2,(H,22,26)(H,23,24). The lowest BCUT2D eigenvalue weighted by molar-refractivity contribution is 0.193. The first kappa shape index (κ1) is 16.2. The van der Waals surface area contributed by atoms with Gasteiger partial charge in [-0.2, -0.15) is 5.26 Å². The number of carbonyl (C=O) groups excluding carboxylic acids is 1. The zero-order valence-electron chi connectivity index (χ0n) is 14.3. The average molecular weight is 345 g/mol. The van der Waals surface area contributed by atoms with Crippen molar-refractivity contribution in [1.29, 1.82) is 5.26 Å². The Labute approximate surface area is 151 Å². The topological polar surface area (TPSA) is 84.8 Å². The highest BCUT2D eigenvalue weighted by Gasteiger charge is 2.25. The lowest BCUT2D eigenvalue weighted by atomic mass is 9.96. The van der Waals surface area contributed by atoms with E-state index >= 15 is 0 Å². The van der Waals surface area contributed by atoms with E-state index in [4.69, 9.17) is 5.26 Å². The van der Waals surface area contributed by atoms with Gasteiger partial charge >= 0.3 is 6.03 Å². The van der Waals surface area contributed by atoms with Crippen LogP contribution in [0.3, 0.4) is 0 Å². The molecule has 2 aromatic carbocycles. The molecular formula is C20H19N5O. The predicted octanol–water partition coefficient (Wildman–Crippen LogP) is 3.85. The van der Waals surface area contributed by atoms with E-state index < -0.39 is 0 Å². The van der Waals surface area contributed by atoms with Gasteiger partial charge in [-0.3, -0.25) is 0 Å². The third-order valence-corrected chi connectivity index (χ3v) is 4.84. The lowest BCUT2D eigenvalue weighted by Gasteiger charge is -2.31. The molecule has 26 heavy (non-hydrogen) atoms. The molecule has 1 aliphatic heterocycles. The number of hydrogen-bond donors (Lipinski definition) is 2. The van der Waals surface area contributed by atoms with E-state index in [0.29, 0.717) is 30.3 Å². The van der Waals surface area contributed by atoms with E-state index in [9.17, 15) is 4.79 Å². The number of amides is 2. The highest BCUT2D eigenvalue weighted by molar-refractivity contribution is 5.89. The number of nitrogens with zero attached hydrogens (tertiary/aromatic N) is 3. The number of urea groups is 1. The molecule has 6 heteroatoms. The van der Waals surface area contributed by atoms with Gasteiger partial charge in [-0.15, -0.1) is 0 Å². The summed E-state index contributed by atoms with van der Waals surface area (Å²) < 4.78 is 0. The van der Waals surface area contributed by atoms with Crippen molar-refractivity contribution in [2.24, 2.45) is 0 Å². The number of nitriles is 1. The number of aromatic amines is 1. The second-order valence-corrected chi connectivity index (χ2v) is 6.52. The van der Waals surface area contributed by atoms with Gasteiger partial charge < -0.3 is 15.2 Å². The van der Waals surface area contributed by atoms with Gasteiger partial charge in [0.2, 0.25) is 0 Å². The van der Waals surface area contributed by atoms with Crippen LogP contribution in [0.4, 0.5) is 10.5 Å². The number of para-hydroxylation sites is 2. The number of rotatable bonds is 2. The molecule has 2 heterocycles. The number of hydrogen-bond acceptors (Lipinski definition) is 3. The van der Waals surface area contributed by atoms with Gasteiger partial charge in [0.25, 0.3) is 0 Å². The van der Waals surface area contributed by atoms with Crippen molar-refractivity contribution in [3.05, 3.63) is 59.9 Å². The second-order valence-electron chi connectivity index (χ2n) is 6.52. The van der Waals surface area contributed by atoms with Crippen LogP contribution in [0.1, 0.15) is 30.1 Å². The Morgan fingerprint density at radius 1 is 1.15 bits per heavy atom. The van der Waals surface area contributed by atoms with E-state index in [1.165, 1.54) is 0 Å². The van der Waals surface area contributed by atoms with E-state index in [-0.39, 0.29) is 6.03 Å². The average Bonchev–Trinajstić information content (AvgIpc) is 3.13. The molecule has 0 atom stereocenters. The fourth-order valence-electron chi connectivity index (χ4n) is 3.35. The largest absolute Gasteiger partial charge is 0.342 e. The molecule has 0 unspecified atom stereocenters. The molecule has 1 aliphatic rings. The smallest absolute Gasteiger partial charge is 0.321 e. The number of aromatic nitrogens is 2. The number of nitrogens with one attached hydrogen (secondary N) is 2. The summed E-state index contributed by atoms with van der Waals surface area (Å²) in [4.78, 5) is 22.4. The highest BCUT2D eigenvalue weighted by atomic mass is 16.2. The molecule has 4 rings (SSSR count). The number of imidazole rings is 1. The van der Waals surface area contributed by atoms with Crippen LogP contribution in [0.5, 0.6) is 0 Å². The number of piperidine rings is 1. The van der Waals surface area contributed by atoms with Crippen LogP contribution in [-0.4, -0.2) is 34.0 Å². The first-order valence-electron chi connectivity index (χ1n) is 8.73. The van der Waals surface area contributed by atoms with E-state index in [1.807, 2.05) is 29.2 Å². The summed E-state index contributed by atoms with van der Waals surface area (Å²) >= 11 is 0. The number of fused-ring (bicyclic) bond motifs is 1. The highest BCUT2D eigenvalue weighted by Crippen LogP contribution is 2.28. The fourth-order valence-corrected chi connectivity index (χ4v) is 3.35. The van der Waals surface area contributed by atoms with Crippen LogP contribution in [-0.2, 0) is 0 Å². The Hall–Kier alpha value is -3.33. The van der Waals surface area contributed by atoms with Gasteiger partial charge in [0.05, 0.1) is 22.7 Å². The van der Waals surface area contributed by atoms with Gasteiger partial charge in [-0.1, -0.05) is 12.1 Å². The maximum Gasteiger partial charge on any atom is 0.321 e. The Balaban J connectivity index is 1.36. The molecule has 0 spiro atoms. The summed E-state index contributed by atoms with van der Waals surface area (Å²) in [5.74, 6) is 1.36. The quantitative estimate of drug-likeness (QED) is 0.740. The maximum atomic E-state index is 12.4. The van der Waals surface area contributed by atoms with Gasteiger partial charge in [-0.25, -0.2) is 9.78 Å². The minimum atomic E-state index is -0.0993. The third-order valence-electron chi connectivity index (χ3n) is 4.84. The van der Waals surface area contributed by atoms with Crippen molar-refractivity contribution in [3.63, 3.8) is 0 Å². The minimum Gasteiger partial charge on any atom is -0.342 e. The zero-order valence-corrected chi connectivity index (χ0v) is 14.3. The Morgan fingerprint density at radius 2 is 1.88 bits per heavy atom. The first-order chi connectivity index (χ1) is 12.7. The molecule has 0 radical (unpaired) electrons. The zero-order chi connectivity index (χ0) is 17.9. The van der Waals surface area contributed by atoms with Crippen LogP contribution in [0, 0.1) is 11.3 Å². The molecule has 130 valence electrons. The fraction of sp³-hybridized carbons (Fsp3) is 0.250. The summed E-state index contributed by atoms with van der Waals surface area (Å²) in [6.45, 7) is 1.40. The first-order valence-corrected chi connectivity index (χ1v) is 8.73. The second kappa shape index (κ2) is 6.89. The van der Waals surface area contributed by atoms with Gasteiger partial charge in [0.15, 0.2) is 0 Å². The van der Waals surface area contributed by atoms with Crippen molar-refractivity contribution >= 4 is 22.8 Å². The Kier molecular flexibility index (Phi) is 4.28. The van der Waals surface area contributed by atoms with Crippen LogP contribution < -0.4 is 5.32 Å². The molecule has 3 aromatic rings. The molecule has 1 aromatic heterocycles. The molecule has 2 N–H and O–H groups in total. The Morgan fingerprint density at radius 3 is 2.58 bits per heavy atom. The van der Waals surface area contributed by atoms with Crippen molar-refractivity contribution in [2.45, 2.75) is 18.8 Å². The van der Waals surface area contributed by atoms with E-state index in [1.54, 1.807) is 24.3 Å². The molecule has 1 saturated heterocycles. The van der Waals surface area contributed by atoms with E-state index in [0.717, 1.165) is 29.7 Å². The van der Waals surface area contributed by atoms with Gasteiger partial charge in [-0.05, 0) is 49.2 Å². The summed E-state index contributed by atoms with van der Waals surface area (Å²) in [7, 11) is 0. The number of H-pyrrole nitrogens is 1. The normalized spacial score (nSPS) is 15.0. The van der Waals surface area contributed by atoms with Crippen LogP contribution in [0.25, 0.3) is 11.0 Å². The molecule has 0 aliphatic carbocycles. The molecule has 0 saturated carbocycles. The van der Waals surface area contributed by atoms with Gasteiger partial charge in [0.1, 0.15) is 5.82 Å². The van der Waals surface area contributed by atoms with Crippen molar-refractivity contribution in [2.75, 3.05) is 18.4 Å². The monoisotopic (exact) mass is 345 g/mol. The summed E-state index contributed by atoms with van der Waals surface area (Å²) in [5, 5.41) is 11.7. The molecule has 6 nitrogen and oxygen atoms in total. The van der Waals surface area contributed by atoms with Gasteiger partial charge in [0, 0.05) is 24.7 Å². The molecular weight excluding hydrogens is 326 g/mol. The minimum absolute atomic E-state index is 0.0993. The van der Waals surface area contributed by atoms with Crippen LogP contribution in [0.2, 0.25) is 0 Å². The SMILES string of the molecule is N#Cc1ccc(NC(=O)N2CCC(c3nc4ccccc4[nH]3)CC2)cc1. The maximum absolute atomic E-state index is 12.4. The predicted molar refractivity (Wildman–Crippen MR) is 99.8 cm³/mol. The number of benzene rings is 2. The van der Waals surface area contributed by atoms with Crippen LogP contribution >= 0.6 is 0 Å². The third kappa shape index (κ3) is 3.24. The molecule has 1 fully saturated rings. The number of anilines is 1. The summed E-state index contributed by atoms with van der Waals surface area (Å²) in [6.07, 6.45) is 1.78. The van der Waals surface area contributed by atoms with Crippen LogP contribution in [0.15, 0.2) is 48.5 Å². The summed E-state index contributed by atoms with van der Waals surface area (Å²) in [5.41, 5.74) is 3.33.